The molecule has 0 aromatic rings. The van der Waals surface area contributed by atoms with Crippen LogP contribution in [0.3, 0.4) is 0 Å². The highest BCUT2D eigenvalue weighted by molar-refractivity contribution is 5.93. The van der Waals surface area contributed by atoms with Gasteiger partial charge in [0.05, 0.1) is 0 Å². The quantitative estimate of drug-likeness (QED) is 0.478. The summed E-state index contributed by atoms with van der Waals surface area (Å²) in [6.07, 6.45) is 11.1. The van der Waals surface area contributed by atoms with E-state index in [9.17, 15) is 4.79 Å². The molecule has 18 heavy (non-hydrogen) atoms. The highest BCUT2D eigenvalue weighted by Crippen LogP contribution is 2.16. The molecule has 0 aliphatic rings. The average molecular weight is 244 g/mol. The lowest BCUT2D eigenvalue weighted by Gasteiger charge is -2.04. The van der Waals surface area contributed by atoms with Gasteiger partial charge in [0.1, 0.15) is 0 Å². The highest BCUT2D eigenvalue weighted by Gasteiger charge is 2.00. The molecule has 0 fully saturated rings. The largest absolute Gasteiger partial charge is 0.295 e. The summed E-state index contributed by atoms with van der Waals surface area (Å²) in [5.74, 6) is 0.0914. The monoisotopic (exact) mass is 244 g/mol. The summed E-state index contributed by atoms with van der Waals surface area (Å²) < 4.78 is 0. The molecule has 0 unspecified atom stereocenters. The second kappa shape index (κ2) is 8.46. The molecule has 0 rings (SSSR count). The SMILES string of the molecule is C=C(C=C(C)C=CCC)C(C=C(C)C(C)=O)=CC. The zero-order valence-electron chi connectivity index (χ0n) is 12.2. The molecular weight excluding hydrogens is 220 g/mol. The highest BCUT2D eigenvalue weighted by atomic mass is 16.1. The lowest BCUT2D eigenvalue weighted by Crippen LogP contribution is -1.93. The molecule has 0 atom stereocenters. The second-order valence-corrected chi connectivity index (χ2v) is 4.35. The van der Waals surface area contributed by atoms with E-state index in [1.165, 1.54) is 0 Å². The summed E-state index contributed by atoms with van der Waals surface area (Å²) in [5.41, 5.74) is 3.83. The van der Waals surface area contributed by atoms with Gasteiger partial charge < -0.3 is 0 Å². The maximum atomic E-state index is 11.2. The van der Waals surface area contributed by atoms with E-state index in [0.717, 1.165) is 28.7 Å². The Bertz CT molecular complexity index is 429. The first-order valence-electron chi connectivity index (χ1n) is 6.32. The van der Waals surface area contributed by atoms with Crippen molar-refractivity contribution in [1.29, 1.82) is 0 Å². The van der Waals surface area contributed by atoms with Gasteiger partial charge in [0.2, 0.25) is 0 Å². The van der Waals surface area contributed by atoms with Crippen LogP contribution in [0.15, 0.2) is 59.3 Å². The molecule has 0 aromatic heterocycles. The third kappa shape index (κ3) is 6.19. The summed E-state index contributed by atoms with van der Waals surface area (Å²) in [5, 5.41) is 0. The fourth-order valence-electron chi connectivity index (χ4n) is 1.41. The fraction of sp³-hybridized carbons (Fsp3) is 0.353. The molecule has 0 amide bonds. The van der Waals surface area contributed by atoms with Gasteiger partial charge in [-0.1, -0.05) is 43.4 Å². The summed E-state index contributed by atoms with van der Waals surface area (Å²) in [4.78, 5) is 11.2. The van der Waals surface area contributed by atoms with Crippen molar-refractivity contribution in [2.75, 3.05) is 0 Å². The summed E-state index contributed by atoms with van der Waals surface area (Å²) in [7, 11) is 0. The molecule has 0 N–H and O–H groups in total. The molecule has 0 spiro atoms. The molecular formula is C17H24O. The molecule has 0 aliphatic heterocycles. The van der Waals surface area contributed by atoms with Crippen LogP contribution in [-0.2, 0) is 4.79 Å². The molecule has 0 heterocycles. The first kappa shape index (κ1) is 16.4. The standard InChI is InChI=1S/C17H24O/c1-7-9-10-13(3)11-15(5)17(8-2)12-14(4)16(6)18/h8-12H,5,7H2,1-4,6H3. The topological polar surface area (TPSA) is 17.1 Å². The van der Waals surface area contributed by atoms with E-state index in [2.05, 4.69) is 25.7 Å². The third-order valence-corrected chi connectivity index (χ3v) is 2.63. The normalized spacial score (nSPS) is 14.2. The Hall–Kier alpha value is -1.63. The Labute approximate surface area is 111 Å². The van der Waals surface area contributed by atoms with Crippen LogP contribution in [0.2, 0.25) is 0 Å². The predicted octanol–water partition coefficient (Wildman–Crippen LogP) is 4.94. The van der Waals surface area contributed by atoms with Gasteiger partial charge in [-0.15, -0.1) is 0 Å². The second-order valence-electron chi connectivity index (χ2n) is 4.35. The van der Waals surface area contributed by atoms with E-state index >= 15 is 0 Å². The average Bonchev–Trinajstić information content (AvgIpc) is 2.32. The van der Waals surface area contributed by atoms with Crippen molar-refractivity contribution in [2.45, 2.75) is 41.0 Å². The number of hydrogen-bond donors (Lipinski definition) is 0. The molecule has 0 radical (unpaired) electrons. The van der Waals surface area contributed by atoms with Crippen molar-refractivity contribution >= 4 is 5.78 Å². The molecule has 0 aromatic carbocycles. The van der Waals surface area contributed by atoms with Gasteiger partial charge in [-0.05, 0) is 56.9 Å². The van der Waals surface area contributed by atoms with E-state index in [1.54, 1.807) is 6.92 Å². The summed E-state index contributed by atoms with van der Waals surface area (Å²) >= 11 is 0. The van der Waals surface area contributed by atoms with Crippen LogP contribution >= 0.6 is 0 Å². The zero-order chi connectivity index (χ0) is 14.1. The van der Waals surface area contributed by atoms with Crippen molar-refractivity contribution < 1.29 is 4.79 Å². The number of allylic oxidation sites excluding steroid dienone is 9. The summed E-state index contributed by atoms with van der Waals surface area (Å²) in [6.45, 7) is 13.6. The van der Waals surface area contributed by atoms with Gasteiger partial charge in [0, 0.05) is 0 Å². The Balaban J connectivity index is 5.02. The van der Waals surface area contributed by atoms with Crippen molar-refractivity contribution in [3.8, 4) is 0 Å². The lowest BCUT2D eigenvalue weighted by atomic mass is 10.0. The van der Waals surface area contributed by atoms with Gasteiger partial charge in [0.25, 0.3) is 0 Å². The van der Waals surface area contributed by atoms with Crippen LogP contribution in [-0.4, -0.2) is 5.78 Å². The van der Waals surface area contributed by atoms with E-state index in [1.807, 2.05) is 39.0 Å². The van der Waals surface area contributed by atoms with Crippen LogP contribution in [0.4, 0.5) is 0 Å². The Morgan fingerprint density at radius 3 is 2.22 bits per heavy atom. The number of rotatable bonds is 6. The van der Waals surface area contributed by atoms with E-state index in [4.69, 9.17) is 0 Å². The van der Waals surface area contributed by atoms with Gasteiger partial charge in [0.15, 0.2) is 5.78 Å². The van der Waals surface area contributed by atoms with Crippen molar-refractivity contribution in [3.63, 3.8) is 0 Å². The molecule has 0 aliphatic carbocycles. The number of Topliss-reactive ketones (excluding diaryl/α,β-unsaturated/α-hetero) is 1. The Kier molecular flexibility index (Phi) is 7.69. The third-order valence-electron chi connectivity index (χ3n) is 2.63. The van der Waals surface area contributed by atoms with Crippen molar-refractivity contribution in [1.82, 2.24) is 0 Å². The zero-order valence-corrected chi connectivity index (χ0v) is 12.2. The molecule has 1 nitrogen and oxygen atoms in total. The van der Waals surface area contributed by atoms with Gasteiger partial charge in [-0.25, -0.2) is 0 Å². The molecule has 0 saturated carbocycles. The van der Waals surface area contributed by atoms with Gasteiger partial charge in [-0.3, -0.25) is 4.79 Å². The van der Waals surface area contributed by atoms with E-state index < -0.39 is 0 Å². The summed E-state index contributed by atoms with van der Waals surface area (Å²) in [6, 6.07) is 0. The number of carbonyl (C=O) groups is 1. The molecule has 0 bridgehead atoms. The molecule has 0 saturated heterocycles. The smallest absolute Gasteiger partial charge is 0.155 e. The lowest BCUT2D eigenvalue weighted by molar-refractivity contribution is -0.113. The number of hydrogen-bond acceptors (Lipinski definition) is 1. The fourth-order valence-corrected chi connectivity index (χ4v) is 1.41. The Morgan fingerprint density at radius 1 is 1.17 bits per heavy atom. The minimum atomic E-state index is 0.0914. The van der Waals surface area contributed by atoms with E-state index in [0.29, 0.717) is 0 Å². The molecule has 98 valence electrons. The Morgan fingerprint density at radius 2 is 1.78 bits per heavy atom. The van der Waals surface area contributed by atoms with Crippen LogP contribution < -0.4 is 0 Å². The predicted molar refractivity (Wildman–Crippen MR) is 80.5 cm³/mol. The number of carbonyl (C=O) groups excluding carboxylic acids is 1. The minimum Gasteiger partial charge on any atom is -0.295 e. The number of ketones is 1. The molecule has 1 heteroatoms. The first-order valence-corrected chi connectivity index (χ1v) is 6.32. The van der Waals surface area contributed by atoms with Gasteiger partial charge >= 0.3 is 0 Å². The van der Waals surface area contributed by atoms with Crippen LogP contribution in [0, 0.1) is 0 Å². The maximum Gasteiger partial charge on any atom is 0.155 e. The van der Waals surface area contributed by atoms with E-state index in [-0.39, 0.29) is 5.78 Å². The van der Waals surface area contributed by atoms with Crippen molar-refractivity contribution in [2.24, 2.45) is 0 Å². The minimum absolute atomic E-state index is 0.0914. The van der Waals surface area contributed by atoms with Crippen LogP contribution in [0.25, 0.3) is 0 Å². The van der Waals surface area contributed by atoms with Gasteiger partial charge in [-0.2, -0.15) is 0 Å². The van der Waals surface area contributed by atoms with Crippen LogP contribution in [0.5, 0.6) is 0 Å². The van der Waals surface area contributed by atoms with Crippen LogP contribution in [0.1, 0.15) is 41.0 Å². The maximum absolute atomic E-state index is 11.2. The van der Waals surface area contributed by atoms with Crippen molar-refractivity contribution in [3.05, 3.63) is 59.3 Å². The first-order chi connectivity index (χ1) is 8.42.